The van der Waals surface area contributed by atoms with Crippen molar-refractivity contribution in [3.63, 3.8) is 0 Å². The Morgan fingerprint density at radius 1 is 0.283 bits per heavy atom. The van der Waals surface area contributed by atoms with Crippen molar-refractivity contribution in [1.29, 1.82) is 0 Å². The standard InChI is InChI=1S/C32H68P.C16H34O3P/c1-5-9-13-17-18-19-20-21-22-23-24-28-32-33(29-25-14-10-6-2,30-26-15-11-7-3)31-27-16-12-8-4;1-3-5-7-9-11-13-15-18-20(17)19-16-14-12-10-8-6-4-2/h5-32H2,1-4H3;3-16H2,1-2H3/q2*+1. The Kier molecular flexibility index (Phi) is 50.9. The van der Waals surface area contributed by atoms with Crippen LogP contribution >= 0.6 is 15.5 Å². The van der Waals surface area contributed by atoms with Crippen LogP contribution in [0.3, 0.4) is 0 Å². The zero-order valence-electron chi connectivity index (χ0n) is 37.8. The fourth-order valence-electron chi connectivity index (χ4n) is 7.66. The van der Waals surface area contributed by atoms with Crippen LogP contribution in [0.25, 0.3) is 0 Å². The fraction of sp³-hybridized carbons (Fsp3) is 1.00. The van der Waals surface area contributed by atoms with E-state index in [9.17, 15) is 4.57 Å². The zero-order chi connectivity index (χ0) is 39.2. The van der Waals surface area contributed by atoms with Gasteiger partial charge in [0.2, 0.25) is 0 Å². The molecule has 0 N–H and O–H groups in total. The molecule has 0 aromatic heterocycles. The summed E-state index contributed by atoms with van der Waals surface area (Å²) in [5.74, 6) is 0. The minimum Gasteiger partial charge on any atom is -0.119 e. The molecule has 0 aromatic rings. The van der Waals surface area contributed by atoms with Crippen molar-refractivity contribution < 1.29 is 13.6 Å². The van der Waals surface area contributed by atoms with E-state index < -0.39 is 15.5 Å². The molecule has 0 rings (SSSR count). The Bertz CT molecular complexity index is 622. The average Bonchev–Trinajstić information content (AvgIpc) is 3.17. The molecule has 0 heterocycles. The molecule has 0 saturated carbocycles. The molecule has 0 aromatic carbocycles. The molecular formula is C48H102O3P2+2. The van der Waals surface area contributed by atoms with Gasteiger partial charge in [-0.3, -0.25) is 0 Å². The number of hydrogen-bond acceptors (Lipinski definition) is 3. The maximum Gasteiger partial charge on any atom is 0.697 e. The Balaban J connectivity index is 0. The number of hydrogen-bond donors (Lipinski definition) is 0. The number of unbranched alkanes of at least 4 members (excludes halogenated alkanes) is 30. The molecule has 0 radical (unpaired) electrons. The third-order valence-corrected chi connectivity index (χ3v) is 17.2. The molecule has 5 heteroatoms. The Morgan fingerprint density at radius 2 is 0.472 bits per heavy atom. The van der Waals surface area contributed by atoms with Gasteiger partial charge in [-0.15, -0.1) is 9.05 Å². The summed E-state index contributed by atoms with van der Waals surface area (Å²) in [6.45, 7) is 15.0. The molecular weight excluding hydrogens is 686 g/mol. The minimum absolute atomic E-state index is 0.567. The predicted octanol–water partition coefficient (Wildman–Crippen LogP) is 18.8. The highest BCUT2D eigenvalue weighted by molar-refractivity contribution is 7.75. The van der Waals surface area contributed by atoms with Crippen molar-refractivity contribution in [3.05, 3.63) is 0 Å². The molecule has 0 spiro atoms. The SMILES string of the molecule is CCCCCCCCCCCCCC[P+](CCCCCC)(CCCCCC)CCCCCC.CCCCCCCCO[P+](=O)OCCCCCCCC. The van der Waals surface area contributed by atoms with E-state index in [-0.39, 0.29) is 0 Å². The Morgan fingerprint density at radius 3 is 0.717 bits per heavy atom. The first-order chi connectivity index (χ1) is 26.1. The number of rotatable bonds is 44. The lowest BCUT2D eigenvalue weighted by Crippen LogP contribution is -2.13. The van der Waals surface area contributed by atoms with Crippen LogP contribution in [0.15, 0.2) is 0 Å². The molecule has 320 valence electrons. The maximum atomic E-state index is 11.4. The second-order valence-corrected chi connectivity index (χ2v) is 22.2. The predicted molar refractivity (Wildman–Crippen MR) is 246 cm³/mol. The Hall–Kier alpha value is 0.450. The van der Waals surface area contributed by atoms with Crippen LogP contribution in [-0.2, 0) is 13.6 Å². The first-order valence-electron chi connectivity index (χ1n) is 24.6. The molecule has 0 bridgehead atoms. The molecule has 0 atom stereocenters. The van der Waals surface area contributed by atoms with E-state index in [4.69, 9.17) is 9.05 Å². The van der Waals surface area contributed by atoms with Crippen molar-refractivity contribution in [2.75, 3.05) is 37.9 Å². The lowest BCUT2D eigenvalue weighted by atomic mass is 10.1. The van der Waals surface area contributed by atoms with Gasteiger partial charge in [0.05, 0.1) is 24.6 Å². The monoisotopic (exact) mass is 789 g/mol. The summed E-state index contributed by atoms with van der Waals surface area (Å²) in [6.07, 6.45) is 56.7. The molecule has 0 fully saturated rings. The van der Waals surface area contributed by atoms with Crippen molar-refractivity contribution in [3.8, 4) is 0 Å². The fourth-order valence-corrected chi connectivity index (χ4v) is 13.2. The molecule has 0 saturated heterocycles. The summed E-state index contributed by atoms with van der Waals surface area (Å²) < 4.78 is 21.8. The molecule has 3 nitrogen and oxygen atoms in total. The van der Waals surface area contributed by atoms with Gasteiger partial charge in [-0.1, -0.05) is 208 Å². The van der Waals surface area contributed by atoms with E-state index in [2.05, 4.69) is 41.5 Å². The van der Waals surface area contributed by atoms with E-state index in [1.54, 1.807) is 50.3 Å². The first kappa shape index (κ1) is 55.5. The van der Waals surface area contributed by atoms with E-state index in [1.165, 1.54) is 193 Å². The van der Waals surface area contributed by atoms with Crippen LogP contribution in [0.2, 0.25) is 0 Å². The van der Waals surface area contributed by atoms with Crippen LogP contribution in [0, 0.1) is 0 Å². The van der Waals surface area contributed by atoms with E-state index >= 15 is 0 Å². The summed E-state index contributed by atoms with van der Waals surface area (Å²) in [7, 11) is -2.58. The molecule has 0 aliphatic rings. The van der Waals surface area contributed by atoms with Crippen molar-refractivity contribution in [2.24, 2.45) is 0 Å². The van der Waals surface area contributed by atoms with Gasteiger partial charge in [0.25, 0.3) is 0 Å². The molecule has 0 aliphatic carbocycles. The van der Waals surface area contributed by atoms with E-state index in [0.717, 1.165) is 12.8 Å². The van der Waals surface area contributed by atoms with Gasteiger partial charge in [0.15, 0.2) is 0 Å². The highest BCUT2D eigenvalue weighted by atomic mass is 31.2. The van der Waals surface area contributed by atoms with Gasteiger partial charge in [-0.2, -0.15) is 0 Å². The highest BCUT2D eigenvalue weighted by Gasteiger charge is 2.35. The third kappa shape index (κ3) is 45.0. The summed E-state index contributed by atoms with van der Waals surface area (Å²) in [5.41, 5.74) is 0. The van der Waals surface area contributed by atoms with E-state index in [0.29, 0.717) is 13.2 Å². The third-order valence-electron chi connectivity index (χ3n) is 11.3. The largest absolute Gasteiger partial charge is 0.697 e. The minimum atomic E-state index is -1.89. The molecule has 0 amide bonds. The van der Waals surface area contributed by atoms with Gasteiger partial charge in [-0.05, 0) is 64.2 Å². The highest BCUT2D eigenvalue weighted by Crippen LogP contribution is 2.61. The summed E-state index contributed by atoms with van der Waals surface area (Å²) >= 11 is 0. The van der Waals surface area contributed by atoms with Crippen LogP contribution in [0.5, 0.6) is 0 Å². The van der Waals surface area contributed by atoms with Gasteiger partial charge in [0, 0.05) is 11.8 Å². The average molecular weight is 789 g/mol. The maximum absolute atomic E-state index is 11.4. The van der Waals surface area contributed by atoms with Gasteiger partial charge >= 0.3 is 8.25 Å². The van der Waals surface area contributed by atoms with Crippen LogP contribution in [0.4, 0.5) is 0 Å². The van der Waals surface area contributed by atoms with Crippen molar-refractivity contribution in [2.45, 2.75) is 273 Å². The van der Waals surface area contributed by atoms with Gasteiger partial charge in [0.1, 0.15) is 13.2 Å². The lowest BCUT2D eigenvalue weighted by molar-refractivity contribution is 0.218. The molecule has 53 heavy (non-hydrogen) atoms. The normalized spacial score (nSPS) is 11.6. The summed E-state index contributed by atoms with van der Waals surface area (Å²) in [6, 6.07) is 0. The van der Waals surface area contributed by atoms with Crippen LogP contribution in [-0.4, -0.2) is 37.9 Å². The molecule has 0 aliphatic heterocycles. The van der Waals surface area contributed by atoms with Gasteiger partial charge in [-0.25, -0.2) is 0 Å². The first-order valence-corrected chi connectivity index (χ1v) is 28.3. The quantitative estimate of drug-likeness (QED) is 0.0456. The van der Waals surface area contributed by atoms with Crippen molar-refractivity contribution >= 4 is 15.5 Å². The second kappa shape index (κ2) is 48.6. The van der Waals surface area contributed by atoms with E-state index in [1.807, 2.05) is 0 Å². The van der Waals surface area contributed by atoms with Crippen LogP contribution in [0.1, 0.15) is 273 Å². The van der Waals surface area contributed by atoms with Gasteiger partial charge < -0.3 is 0 Å². The molecule has 0 unspecified atom stereocenters. The van der Waals surface area contributed by atoms with Crippen LogP contribution < -0.4 is 0 Å². The summed E-state index contributed by atoms with van der Waals surface area (Å²) in [5, 5.41) is 0. The summed E-state index contributed by atoms with van der Waals surface area (Å²) in [4.78, 5) is 0. The lowest BCUT2D eigenvalue weighted by Gasteiger charge is -2.28. The second-order valence-electron chi connectivity index (χ2n) is 16.7. The topological polar surface area (TPSA) is 35.5 Å². The van der Waals surface area contributed by atoms with Crippen molar-refractivity contribution in [1.82, 2.24) is 0 Å². The Labute approximate surface area is 338 Å². The zero-order valence-corrected chi connectivity index (χ0v) is 39.6. The smallest absolute Gasteiger partial charge is 0.119 e.